The third-order valence-corrected chi connectivity index (χ3v) is 5.58. The first-order valence-electron chi connectivity index (χ1n) is 8.83. The highest BCUT2D eigenvalue weighted by atomic mass is 32.1. The van der Waals surface area contributed by atoms with E-state index in [-0.39, 0.29) is 30.2 Å². The van der Waals surface area contributed by atoms with Gasteiger partial charge >= 0.3 is 0 Å². The number of hydrogen-bond donors (Lipinski definition) is 0. The van der Waals surface area contributed by atoms with Crippen molar-refractivity contribution in [2.45, 2.75) is 26.7 Å². The summed E-state index contributed by atoms with van der Waals surface area (Å²) >= 11 is 1.37. The molecule has 0 atom stereocenters. The maximum atomic E-state index is 12.4. The van der Waals surface area contributed by atoms with E-state index in [1.807, 2.05) is 30.2 Å². The minimum atomic E-state index is -0.130. The van der Waals surface area contributed by atoms with E-state index >= 15 is 0 Å². The van der Waals surface area contributed by atoms with Crippen molar-refractivity contribution >= 4 is 29.1 Å². The van der Waals surface area contributed by atoms with Crippen molar-refractivity contribution in [3.8, 4) is 0 Å². The summed E-state index contributed by atoms with van der Waals surface area (Å²) in [5.74, 6) is 0.0209. The standard InChI is InChI=1S/C18H27N3O3S/c1-4-20(5-2)17(23)14-8-10-21(11-9-14)16(22)13-19(3)18(24)15-7-6-12-25-15/h6-7,12,14H,4-5,8-11,13H2,1-3H3. The lowest BCUT2D eigenvalue weighted by atomic mass is 9.95. The molecule has 0 radical (unpaired) electrons. The van der Waals surface area contributed by atoms with Gasteiger partial charge in [-0.1, -0.05) is 6.07 Å². The van der Waals surface area contributed by atoms with E-state index < -0.39 is 0 Å². The number of likely N-dealkylation sites (tertiary alicyclic amines) is 1. The molecule has 0 bridgehead atoms. The molecule has 0 aliphatic carbocycles. The van der Waals surface area contributed by atoms with Crippen molar-refractivity contribution in [3.05, 3.63) is 22.4 Å². The highest BCUT2D eigenvalue weighted by Crippen LogP contribution is 2.20. The van der Waals surface area contributed by atoms with E-state index in [0.717, 1.165) is 13.1 Å². The van der Waals surface area contributed by atoms with Crippen LogP contribution in [0, 0.1) is 5.92 Å². The average molecular weight is 365 g/mol. The zero-order valence-electron chi connectivity index (χ0n) is 15.2. The van der Waals surface area contributed by atoms with Gasteiger partial charge in [-0.25, -0.2) is 0 Å². The summed E-state index contributed by atoms with van der Waals surface area (Å²) in [6.45, 7) is 6.66. The van der Waals surface area contributed by atoms with Crippen LogP contribution in [0.1, 0.15) is 36.4 Å². The Morgan fingerprint density at radius 2 is 1.84 bits per heavy atom. The molecule has 1 aromatic heterocycles. The third kappa shape index (κ3) is 4.81. The van der Waals surface area contributed by atoms with E-state index in [1.165, 1.54) is 16.2 Å². The molecule has 0 N–H and O–H groups in total. The van der Waals surface area contributed by atoms with E-state index in [1.54, 1.807) is 18.0 Å². The highest BCUT2D eigenvalue weighted by molar-refractivity contribution is 7.12. The quantitative estimate of drug-likeness (QED) is 0.774. The minimum Gasteiger partial charge on any atom is -0.343 e. The molecule has 2 heterocycles. The summed E-state index contributed by atoms with van der Waals surface area (Å²) in [7, 11) is 1.65. The fraction of sp³-hybridized carbons (Fsp3) is 0.611. The first-order chi connectivity index (χ1) is 12.0. The van der Waals surface area contributed by atoms with Gasteiger partial charge in [-0.2, -0.15) is 0 Å². The Bertz CT molecular complexity index is 591. The number of nitrogens with zero attached hydrogens (tertiary/aromatic N) is 3. The third-order valence-electron chi connectivity index (χ3n) is 4.72. The lowest BCUT2D eigenvalue weighted by molar-refractivity contribution is -0.140. The van der Waals surface area contributed by atoms with Gasteiger partial charge in [-0.05, 0) is 38.1 Å². The maximum absolute atomic E-state index is 12.4. The second kappa shape index (κ2) is 8.99. The van der Waals surface area contributed by atoms with Crippen LogP contribution < -0.4 is 0 Å². The van der Waals surface area contributed by atoms with Crippen LogP contribution in [0.3, 0.4) is 0 Å². The zero-order chi connectivity index (χ0) is 18.4. The fourth-order valence-corrected chi connectivity index (χ4v) is 3.85. The molecule has 1 aromatic rings. The smallest absolute Gasteiger partial charge is 0.264 e. The molecule has 138 valence electrons. The molecule has 1 saturated heterocycles. The molecule has 1 aliphatic heterocycles. The number of amides is 3. The molecule has 2 rings (SSSR count). The maximum Gasteiger partial charge on any atom is 0.264 e. The summed E-state index contributed by atoms with van der Waals surface area (Å²) < 4.78 is 0. The van der Waals surface area contributed by atoms with Gasteiger partial charge in [0.2, 0.25) is 11.8 Å². The molecular formula is C18H27N3O3S. The summed E-state index contributed by atoms with van der Waals surface area (Å²) in [5, 5.41) is 1.85. The highest BCUT2D eigenvalue weighted by Gasteiger charge is 2.30. The van der Waals surface area contributed by atoms with Crippen LogP contribution in [0.4, 0.5) is 0 Å². The molecule has 3 amide bonds. The number of likely N-dealkylation sites (N-methyl/N-ethyl adjacent to an activating group) is 1. The van der Waals surface area contributed by atoms with Crippen LogP contribution in [-0.4, -0.2) is 72.2 Å². The molecular weight excluding hydrogens is 338 g/mol. The Balaban J connectivity index is 1.83. The molecule has 0 spiro atoms. The number of rotatable bonds is 6. The van der Waals surface area contributed by atoms with E-state index in [4.69, 9.17) is 0 Å². The summed E-state index contributed by atoms with van der Waals surface area (Å²) in [5.41, 5.74) is 0. The van der Waals surface area contributed by atoms with Crippen LogP contribution in [0.2, 0.25) is 0 Å². The normalized spacial score (nSPS) is 15.1. The van der Waals surface area contributed by atoms with Gasteiger partial charge in [0.1, 0.15) is 0 Å². The molecule has 1 aliphatic rings. The van der Waals surface area contributed by atoms with E-state index in [0.29, 0.717) is 30.8 Å². The van der Waals surface area contributed by atoms with Gasteiger partial charge in [0.25, 0.3) is 5.91 Å². The van der Waals surface area contributed by atoms with Gasteiger partial charge < -0.3 is 14.7 Å². The monoisotopic (exact) mass is 365 g/mol. The number of hydrogen-bond acceptors (Lipinski definition) is 4. The van der Waals surface area contributed by atoms with Crippen molar-refractivity contribution in [1.29, 1.82) is 0 Å². The van der Waals surface area contributed by atoms with E-state index in [9.17, 15) is 14.4 Å². The van der Waals surface area contributed by atoms with Crippen molar-refractivity contribution in [2.75, 3.05) is 39.8 Å². The predicted octanol–water partition coefficient (Wildman–Crippen LogP) is 1.93. The minimum absolute atomic E-state index is 0.00873. The van der Waals surface area contributed by atoms with Crippen LogP contribution in [0.15, 0.2) is 17.5 Å². The Labute approximate surface area is 153 Å². The second-order valence-electron chi connectivity index (χ2n) is 6.30. The van der Waals surface area contributed by atoms with Crippen LogP contribution in [0.25, 0.3) is 0 Å². The number of thiophene rings is 1. The summed E-state index contributed by atoms with van der Waals surface area (Å²) in [6.07, 6.45) is 1.40. The molecule has 25 heavy (non-hydrogen) atoms. The van der Waals surface area contributed by atoms with Crippen LogP contribution in [-0.2, 0) is 9.59 Å². The summed E-state index contributed by atoms with van der Waals surface area (Å²) in [6, 6.07) is 3.59. The molecule has 6 nitrogen and oxygen atoms in total. The Morgan fingerprint density at radius 3 is 2.36 bits per heavy atom. The molecule has 1 fully saturated rings. The number of piperidine rings is 1. The SMILES string of the molecule is CCN(CC)C(=O)C1CCN(C(=O)CN(C)C(=O)c2cccs2)CC1. The zero-order valence-corrected chi connectivity index (χ0v) is 16.1. The summed E-state index contributed by atoms with van der Waals surface area (Å²) in [4.78, 5) is 42.8. The topological polar surface area (TPSA) is 60.9 Å². The van der Waals surface area contributed by atoms with E-state index in [2.05, 4.69) is 0 Å². The molecule has 0 aromatic carbocycles. The predicted molar refractivity (Wildman–Crippen MR) is 98.5 cm³/mol. The Morgan fingerprint density at radius 1 is 1.20 bits per heavy atom. The second-order valence-corrected chi connectivity index (χ2v) is 7.25. The average Bonchev–Trinajstić information content (AvgIpc) is 3.16. The molecule has 7 heteroatoms. The lowest BCUT2D eigenvalue weighted by Gasteiger charge is -2.34. The number of carbonyl (C=O) groups excluding carboxylic acids is 3. The van der Waals surface area contributed by atoms with Crippen LogP contribution >= 0.6 is 11.3 Å². The Kier molecular flexibility index (Phi) is 6.99. The molecule has 0 saturated carbocycles. The first kappa shape index (κ1) is 19.4. The van der Waals surface area contributed by atoms with Crippen molar-refractivity contribution in [1.82, 2.24) is 14.7 Å². The largest absolute Gasteiger partial charge is 0.343 e. The fourth-order valence-electron chi connectivity index (χ4n) is 3.13. The number of carbonyl (C=O) groups is 3. The van der Waals surface area contributed by atoms with Gasteiger partial charge in [0, 0.05) is 39.1 Å². The molecule has 0 unspecified atom stereocenters. The first-order valence-corrected chi connectivity index (χ1v) is 9.71. The van der Waals surface area contributed by atoms with Crippen molar-refractivity contribution < 1.29 is 14.4 Å². The van der Waals surface area contributed by atoms with Crippen molar-refractivity contribution in [2.24, 2.45) is 5.92 Å². The van der Waals surface area contributed by atoms with Gasteiger partial charge in [0.05, 0.1) is 11.4 Å². The van der Waals surface area contributed by atoms with Crippen molar-refractivity contribution in [3.63, 3.8) is 0 Å². The Hall–Kier alpha value is -1.89. The van der Waals surface area contributed by atoms with Crippen LogP contribution in [0.5, 0.6) is 0 Å². The lowest BCUT2D eigenvalue weighted by Crippen LogP contribution is -2.47. The van der Waals surface area contributed by atoms with Gasteiger partial charge in [-0.15, -0.1) is 11.3 Å². The van der Waals surface area contributed by atoms with Gasteiger partial charge in [0.15, 0.2) is 0 Å². The van der Waals surface area contributed by atoms with Gasteiger partial charge in [-0.3, -0.25) is 14.4 Å².